The summed E-state index contributed by atoms with van der Waals surface area (Å²) in [6.07, 6.45) is 1.99. The molecule has 3 aromatic carbocycles. The Bertz CT molecular complexity index is 1920. The Kier molecular flexibility index (Phi) is 9.30. The predicted molar refractivity (Wildman–Crippen MR) is 174 cm³/mol. The van der Waals surface area contributed by atoms with E-state index in [1.54, 1.807) is 48.5 Å². The number of H-pyrrole nitrogens is 2. The molecule has 5 aromatic rings. The van der Waals surface area contributed by atoms with Crippen molar-refractivity contribution in [2.75, 3.05) is 50.0 Å². The molecule has 238 valence electrons. The van der Waals surface area contributed by atoms with Crippen LogP contribution in [0.3, 0.4) is 0 Å². The number of carbonyl (C=O) groups excluding carboxylic acids is 2. The number of piperazine rings is 1. The van der Waals surface area contributed by atoms with Crippen molar-refractivity contribution in [2.24, 2.45) is 0 Å². The standard InChI is InChI=1S/C31H31ClN8O5S/c32-23-19-21(45-18-6-13-39-14-16-40(17-15-39)46(43,44)22-7-2-1-3-8-22)11-12-24(23)35-29(41)27-28(34-20-33-27)30(42)38-31-36-25-9-4-5-10-26(25)37-31/h1-5,7-12,19-20H,6,13-18H2,(H,33,34)(H,35,41)(H2,36,37,38,42). The molecule has 46 heavy (non-hydrogen) atoms. The summed E-state index contributed by atoms with van der Waals surface area (Å²) in [5.41, 5.74) is 1.64. The summed E-state index contributed by atoms with van der Waals surface area (Å²) in [5, 5.41) is 5.59. The van der Waals surface area contributed by atoms with Gasteiger partial charge < -0.3 is 24.9 Å². The fourth-order valence-corrected chi connectivity index (χ4v) is 6.76. The largest absolute Gasteiger partial charge is 0.493 e. The van der Waals surface area contributed by atoms with Gasteiger partial charge in [0.15, 0.2) is 5.69 Å². The van der Waals surface area contributed by atoms with E-state index in [1.807, 2.05) is 24.3 Å². The van der Waals surface area contributed by atoms with Crippen molar-refractivity contribution in [3.63, 3.8) is 0 Å². The molecule has 2 amide bonds. The molecule has 0 unspecified atom stereocenters. The first-order valence-electron chi connectivity index (χ1n) is 14.6. The number of ether oxygens (including phenoxy) is 1. The first-order valence-corrected chi connectivity index (χ1v) is 16.4. The van der Waals surface area contributed by atoms with Gasteiger partial charge in [0.25, 0.3) is 11.8 Å². The minimum Gasteiger partial charge on any atom is -0.493 e. The van der Waals surface area contributed by atoms with Gasteiger partial charge in [0.2, 0.25) is 16.0 Å². The van der Waals surface area contributed by atoms with E-state index in [4.69, 9.17) is 16.3 Å². The topological polar surface area (TPSA) is 165 Å². The van der Waals surface area contributed by atoms with Crippen LogP contribution in [0.1, 0.15) is 27.4 Å². The second-order valence-electron chi connectivity index (χ2n) is 10.5. The lowest BCUT2D eigenvalue weighted by molar-refractivity contribution is 0.0985. The SMILES string of the molecule is O=C(Nc1ccc(OCCCN2CCN(S(=O)(=O)c3ccccc3)CC2)cc1Cl)c1nc[nH]c1C(=O)Nc1nc2ccccc2[nH]1. The zero-order chi connectivity index (χ0) is 32.1. The summed E-state index contributed by atoms with van der Waals surface area (Å²) in [7, 11) is -3.48. The lowest BCUT2D eigenvalue weighted by Crippen LogP contribution is -2.48. The van der Waals surface area contributed by atoms with Gasteiger partial charge in [-0.3, -0.25) is 14.9 Å². The monoisotopic (exact) mass is 662 g/mol. The quantitative estimate of drug-likeness (QED) is 0.153. The van der Waals surface area contributed by atoms with Crippen molar-refractivity contribution >= 4 is 56.1 Å². The van der Waals surface area contributed by atoms with Crippen LogP contribution in [0.5, 0.6) is 5.75 Å². The summed E-state index contributed by atoms with van der Waals surface area (Å²) in [6, 6.07) is 20.7. The third-order valence-electron chi connectivity index (χ3n) is 7.49. The zero-order valence-electron chi connectivity index (χ0n) is 24.6. The number of rotatable bonds is 11. The maximum atomic E-state index is 13.0. The van der Waals surface area contributed by atoms with Crippen LogP contribution in [-0.4, -0.2) is 88.7 Å². The number of fused-ring (bicyclic) bond motifs is 1. The number of para-hydroxylation sites is 2. The first kappa shape index (κ1) is 31.2. The van der Waals surface area contributed by atoms with Crippen molar-refractivity contribution in [1.29, 1.82) is 0 Å². The van der Waals surface area contributed by atoms with Crippen LogP contribution in [0.25, 0.3) is 11.0 Å². The minimum absolute atomic E-state index is 0.0340. The van der Waals surface area contributed by atoms with E-state index in [9.17, 15) is 18.0 Å². The molecule has 1 aliphatic heterocycles. The first-order chi connectivity index (χ1) is 22.3. The van der Waals surface area contributed by atoms with E-state index in [-0.39, 0.29) is 22.4 Å². The molecule has 1 aliphatic rings. The predicted octanol–water partition coefficient (Wildman–Crippen LogP) is 4.22. The van der Waals surface area contributed by atoms with E-state index in [0.717, 1.165) is 18.5 Å². The third-order valence-corrected chi connectivity index (χ3v) is 9.72. The van der Waals surface area contributed by atoms with Crippen LogP contribution in [0.2, 0.25) is 5.02 Å². The van der Waals surface area contributed by atoms with Gasteiger partial charge in [0, 0.05) is 38.8 Å². The number of benzene rings is 3. The Labute approximate surface area is 270 Å². The number of anilines is 2. The number of nitrogens with one attached hydrogen (secondary N) is 4. The summed E-state index contributed by atoms with van der Waals surface area (Å²) in [5.74, 6) is -0.436. The number of halogens is 1. The van der Waals surface area contributed by atoms with Gasteiger partial charge in [0.05, 0.1) is 39.6 Å². The zero-order valence-corrected chi connectivity index (χ0v) is 26.1. The minimum atomic E-state index is -3.48. The summed E-state index contributed by atoms with van der Waals surface area (Å²) in [4.78, 5) is 42.5. The van der Waals surface area contributed by atoms with Gasteiger partial charge >= 0.3 is 0 Å². The van der Waals surface area contributed by atoms with Gasteiger partial charge in [0.1, 0.15) is 11.4 Å². The smallest absolute Gasteiger partial charge is 0.276 e. The fraction of sp³-hybridized carbons (Fsp3) is 0.226. The van der Waals surface area contributed by atoms with E-state index in [1.165, 1.54) is 10.6 Å². The number of hydrogen-bond acceptors (Lipinski definition) is 8. The number of hydrogen-bond donors (Lipinski definition) is 4. The van der Waals surface area contributed by atoms with Crippen LogP contribution >= 0.6 is 11.6 Å². The van der Waals surface area contributed by atoms with E-state index in [2.05, 4.69) is 35.5 Å². The molecule has 6 rings (SSSR count). The summed E-state index contributed by atoms with van der Waals surface area (Å²) in [6.45, 7) is 3.36. The molecule has 3 heterocycles. The highest BCUT2D eigenvalue weighted by Gasteiger charge is 2.28. The van der Waals surface area contributed by atoms with Crippen LogP contribution in [0, 0.1) is 0 Å². The van der Waals surface area contributed by atoms with Crippen LogP contribution in [0.15, 0.2) is 84.0 Å². The Balaban J connectivity index is 0.962. The van der Waals surface area contributed by atoms with Gasteiger partial charge in [-0.05, 0) is 42.8 Å². The maximum Gasteiger partial charge on any atom is 0.276 e. The molecule has 1 saturated heterocycles. The summed E-state index contributed by atoms with van der Waals surface area (Å²) >= 11 is 6.44. The van der Waals surface area contributed by atoms with Gasteiger partial charge in [-0.2, -0.15) is 4.31 Å². The number of nitrogens with zero attached hydrogens (tertiary/aromatic N) is 4. The lowest BCUT2D eigenvalue weighted by atomic mass is 10.2. The Morgan fingerprint density at radius 1 is 0.935 bits per heavy atom. The molecule has 0 atom stereocenters. The molecule has 0 spiro atoms. The Morgan fingerprint density at radius 2 is 1.70 bits per heavy atom. The lowest BCUT2D eigenvalue weighted by Gasteiger charge is -2.33. The highest BCUT2D eigenvalue weighted by atomic mass is 35.5. The molecule has 15 heteroatoms. The fourth-order valence-electron chi connectivity index (χ4n) is 5.10. The van der Waals surface area contributed by atoms with Gasteiger partial charge in [-0.1, -0.05) is 41.9 Å². The molecule has 0 bridgehead atoms. The Morgan fingerprint density at radius 3 is 2.46 bits per heavy atom. The molecule has 0 radical (unpaired) electrons. The third kappa shape index (κ3) is 7.05. The summed E-state index contributed by atoms with van der Waals surface area (Å²) < 4.78 is 33.1. The van der Waals surface area contributed by atoms with Crippen molar-refractivity contribution < 1.29 is 22.7 Å². The highest BCUT2D eigenvalue weighted by Crippen LogP contribution is 2.28. The van der Waals surface area contributed by atoms with Crippen LogP contribution in [-0.2, 0) is 10.0 Å². The average molecular weight is 663 g/mol. The van der Waals surface area contributed by atoms with Gasteiger partial charge in [-0.15, -0.1) is 0 Å². The van der Waals surface area contributed by atoms with E-state index >= 15 is 0 Å². The maximum absolute atomic E-state index is 13.0. The molecule has 2 aromatic heterocycles. The number of aromatic amines is 2. The van der Waals surface area contributed by atoms with Crippen LogP contribution < -0.4 is 15.4 Å². The number of sulfonamides is 1. The molecule has 13 nitrogen and oxygen atoms in total. The highest BCUT2D eigenvalue weighted by molar-refractivity contribution is 7.89. The Hall–Kier alpha value is -4.76. The number of aromatic nitrogens is 4. The van der Waals surface area contributed by atoms with Crippen molar-refractivity contribution in [1.82, 2.24) is 29.1 Å². The average Bonchev–Trinajstić information content (AvgIpc) is 3.72. The molecule has 1 fully saturated rings. The number of carbonyl (C=O) groups is 2. The van der Waals surface area contributed by atoms with E-state index in [0.29, 0.717) is 54.6 Å². The second-order valence-corrected chi connectivity index (χ2v) is 12.9. The number of imidazole rings is 2. The molecular formula is C31H31ClN8O5S. The number of amides is 2. The normalized spacial score (nSPS) is 14.3. The molecule has 0 aliphatic carbocycles. The van der Waals surface area contributed by atoms with Crippen molar-refractivity contribution in [3.8, 4) is 5.75 Å². The van der Waals surface area contributed by atoms with E-state index < -0.39 is 21.8 Å². The van der Waals surface area contributed by atoms with Gasteiger partial charge in [-0.25, -0.2) is 18.4 Å². The van der Waals surface area contributed by atoms with Crippen molar-refractivity contribution in [3.05, 3.63) is 95.5 Å². The molecule has 4 N–H and O–H groups in total. The molecular weight excluding hydrogens is 632 g/mol. The van der Waals surface area contributed by atoms with Crippen LogP contribution in [0.4, 0.5) is 11.6 Å². The van der Waals surface area contributed by atoms with Crippen molar-refractivity contribution in [2.45, 2.75) is 11.3 Å². The second kappa shape index (κ2) is 13.7. The molecule has 0 saturated carbocycles.